The third kappa shape index (κ3) is 2.91. The number of aliphatic hydroxyl groups is 2. The van der Waals surface area contributed by atoms with Gasteiger partial charge in [0.25, 0.3) is 0 Å². The van der Waals surface area contributed by atoms with Crippen molar-refractivity contribution in [3.63, 3.8) is 0 Å². The standard InChI is InChI=1S/C7H13N3O2S/c1-10-2-6(8)7(9-10)13-4-5(12)3-11/h2,5,11-12H,3-4,8H2,1H3. The summed E-state index contributed by atoms with van der Waals surface area (Å²) >= 11 is 1.33. The molecule has 1 rings (SSSR count). The first-order valence-corrected chi connectivity index (χ1v) is 4.83. The van der Waals surface area contributed by atoms with E-state index in [1.807, 2.05) is 0 Å². The van der Waals surface area contributed by atoms with Gasteiger partial charge in [0.15, 0.2) is 0 Å². The van der Waals surface area contributed by atoms with Crippen LogP contribution < -0.4 is 5.73 Å². The monoisotopic (exact) mass is 203 g/mol. The second-order valence-corrected chi connectivity index (χ2v) is 3.72. The topological polar surface area (TPSA) is 84.3 Å². The van der Waals surface area contributed by atoms with Crippen LogP contribution in [0, 0.1) is 0 Å². The van der Waals surface area contributed by atoms with Gasteiger partial charge in [-0.1, -0.05) is 11.8 Å². The van der Waals surface area contributed by atoms with Crippen molar-refractivity contribution >= 4 is 17.4 Å². The minimum atomic E-state index is -0.716. The number of hydrogen-bond acceptors (Lipinski definition) is 5. The predicted molar refractivity (Wildman–Crippen MR) is 51.4 cm³/mol. The molecule has 0 radical (unpaired) electrons. The Hall–Kier alpha value is -0.720. The molecule has 6 heteroatoms. The number of hydrogen-bond donors (Lipinski definition) is 3. The first-order chi connectivity index (χ1) is 6.13. The number of anilines is 1. The highest BCUT2D eigenvalue weighted by Crippen LogP contribution is 2.22. The number of aromatic nitrogens is 2. The van der Waals surface area contributed by atoms with E-state index in [0.717, 1.165) is 0 Å². The van der Waals surface area contributed by atoms with Gasteiger partial charge in [0.1, 0.15) is 5.03 Å². The van der Waals surface area contributed by atoms with E-state index in [4.69, 9.17) is 15.9 Å². The van der Waals surface area contributed by atoms with Crippen LogP contribution in [0.2, 0.25) is 0 Å². The highest BCUT2D eigenvalue weighted by Gasteiger charge is 2.08. The van der Waals surface area contributed by atoms with E-state index in [0.29, 0.717) is 16.5 Å². The highest BCUT2D eigenvalue weighted by molar-refractivity contribution is 7.99. The summed E-state index contributed by atoms with van der Waals surface area (Å²) in [6, 6.07) is 0. The summed E-state index contributed by atoms with van der Waals surface area (Å²) in [4.78, 5) is 0. The Morgan fingerprint density at radius 3 is 2.92 bits per heavy atom. The summed E-state index contributed by atoms with van der Waals surface area (Å²) in [6.45, 7) is -0.236. The fraction of sp³-hybridized carbons (Fsp3) is 0.571. The molecule has 0 spiro atoms. The zero-order valence-corrected chi connectivity index (χ0v) is 8.16. The number of aliphatic hydroxyl groups excluding tert-OH is 2. The zero-order valence-electron chi connectivity index (χ0n) is 7.34. The molecule has 4 N–H and O–H groups in total. The van der Waals surface area contributed by atoms with Crippen molar-refractivity contribution in [3.8, 4) is 0 Å². The van der Waals surface area contributed by atoms with Gasteiger partial charge < -0.3 is 15.9 Å². The molecule has 74 valence electrons. The van der Waals surface area contributed by atoms with Crippen LogP contribution in [0.3, 0.4) is 0 Å². The summed E-state index contributed by atoms with van der Waals surface area (Å²) in [5, 5.41) is 22.4. The van der Waals surface area contributed by atoms with E-state index in [1.165, 1.54) is 11.8 Å². The Kier molecular flexibility index (Phi) is 3.58. The number of nitrogens with zero attached hydrogens (tertiary/aromatic N) is 2. The Bertz CT molecular complexity index is 277. The van der Waals surface area contributed by atoms with Crippen molar-refractivity contribution in [1.82, 2.24) is 9.78 Å². The lowest BCUT2D eigenvalue weighted by molar-refractivity contribution is 0.113. The van der Waals surface area contributed by atoms with Crippen molar-refractivity contribution < 1.29 is 10.2 Å². The number of nitrogen functional groups attached to an aromatic ring is 1. The van der Waals surface area contributed by atoms with Crippen molar-refractivity contribution in [2.45, 2.75) is 11.1 Å². The largest absolute Gasteiger partial charge is 0.395 e. The fourth-order valence-electron chi connectivity index (χ4n) is 0.826. The maximum Gasteiger partial charge on any atom is 0.141 e. The molecule has 0 aliphatic rings. The molecule has 1 aromatic heterocycles. The molecule has 13 heavy (non-hydrogen) atoms. The van der Waals surface area contributed by atoms with Crippen LogP contribution in [0.5, 0.6) is 0 Å². The summed E-state index contributed by atoms with van der Waals surface area (Å²) in [6.07, 6.45) is 0.986. The Morgan fingerprint density at radius 2 is 2.46 bits per heavy atom. The van der Waals surface area contributed by atoms with Crippen LogP contribution in [0.25, 0.3) is 0 Å². The second-order valence-electron chi connectivity index (χ2n) is 2.71. The van der Waals surface area contributed by atoms with E-state index in [2.05, 4.69) is 5.10 Å². The molecule has 0 aromatic carbocycles. The number of thioether (sulfide) groups is 1. The average molecular weight is 203 g/mol. The van der Waals surface area contributed by atoms with E-state index in [9.17, 15) is 0 Å². The lowest BCUT2D eigenvalue weighted by Gasteiger charge is -2.04. The van der Waals surface area contributed by atoms with Crippen molar-refractivity contribution in [3.05, 3.63) is 6.20 Å². The van der Waals surface area contributed by atoms with Crippen molar-refractivity contribution in [2.75, 3.05) is 18.1 Å². The van der Waals surface area contributed by atoms with Crippen LogP contribution in [-0.4, -0.2) is 38.5 Å². The predicted octanol–water partition coefficient (Wildman–Crippen LogP) is -0.552. The van der Waals surface area contributed by atoms with Gasteiger partial charge in [0, 0.05) is 19.0 Å². The van der Waals surface area contributed by atoms with Gasteiger partial charge in [-0.05, 0) is 0 Å². The Labute approximate surface area is 80.5 Å². The molecule has 0 amide bonds. The summed E-state index contributed by atoms with van der Waals surface area (Å²) in [5.41, 5.74) is 6.22. The molecule has 0 fully saturated rings. The molecule has 0 bridgehead atoms. The van der Waals surface area contributed by atoms with Gasteiger partial charge in [0.05, 0.1) is 18.4 Å². The van der Waals surface area contributed by atoms with Gasteiger partial charge in [-0.15, -0.1) is 0 Å². The summed E-state index contributed by atoms with van der Waals surface area (Å²) < 4.78 is 1.61. The number of aryl methyl sites for hydroxylation is 1. The lowest BCUT2D eigenvalue weighted by Crippen LogP contribution is -2.14. The molecule has 0 saturated heterocycles. The van der Waals surface area contributed by atoms with Crippen LogP contribution >= 0.6 is 11.8 Å². The molecule has 5 nitrogen and oxygen atoms in total. The Morgan fingerprint density at radius 1 is 1.77 bits per heavy atom. The van der Waals surface area contributed by atoms with Gasteiger partial charge in [-0.25, -0.2) is 0 Å². The van der Waals surface area contributed by atoms with Crippen molar-refractivity contribution in [1.29, 1.82) is 0 Å². The molecular formula is C7H13N3O2S. The smallest absolute Gasteiger partial charge is 0.141 e. The molecule has 0 aliphatic carbocycles. The minimum Gasteiger partial charge on any atom is -0.395 e. The molecular weight excluding hydrogens is 190 g/mol. The summed E-state index contributed by atoms with van der Waals surface area (Å²) in [5.74, 6) is 0.401. The summed E-state index contributed by atoms with van der Waals surface area (Å²) in [7, 11) is 1.78. The fourth-order valence-corrected chi connectivity index (χ4v) is 1.69. The van der Waals surface area contributed by atoms with Gasteiger partial charge >= 0.3 is 0 Å². The van der Waals surface area contributed by atoms with Crippen LogP contribution in [0.15, 0.2) is 11.2 Å². The van der Waals surface area contributed by atoms with E-state index >= 15 is 0 Å². The minimum absolute atomic E-state index is 0.236. The average Bonchev–Trinajstić information content (AvgIpc) is 2.41. The third-order valence-corrected chi connectivity index (χ3v) is 2.59. The Balaban J connectivity index is 2.49. The van der Waals surface area contributed by atoms with E-state index in [1.54, 1.807) is 17.9 Å². The molecule has 1 unspecified atom stereocenters. The van der Waals surface area contributed by atoms with Crippen LogP contribution in [-0.2, 0) is 7.05 Å². The van der Waals surface area contributed by atoms with Crippen molar-refractivity contribution in [2.24, 2.45) is 7.05 Å². The quantitative estimate of drug-likeness (QED) is 0.572. The molecule has 0 saturated carbocycles. The third-order valence-electron chi connectivity index (χ3n) is 1.44. The first-order valence-electron chi connectivity index (χ1n) is 3.84. The normalized spacial score (nSPS) is 13.2. The van der Waals surface area contributed by atoms with E-state index < -0.39 is 6.10 Å². The molecule has 0 aliphatic heterocycles. The van der Waals surface area contributed by atoms with Crippen LogP contribution in [0.1, 0.15) is 0 Å². The van der Waals surface area contributed by atoms with Gasteiger partial charge in [-0.2, -0.15) is 5.10 Å². The highest BCUT2D eigenvalue weighted by atomic mass is 32.2. The second kappa shape index (κ2) is 4.50. The zero-order chi connectivity index (χ0) is 9.84. The van der Waals surface area contributed by atoms with Gasteiger partial charge in [-0.3, -0.25) is 4.68 Å². The molecule has 1 atom stereocenters. The van der Waals surface area contributed by atoms with Crippen LogP contribution in [0.4, 0.5) is 5.69 Å². The molecule has 1 heterocycles. The first kappa shape index (κ1) is 10.4. The number of rotatable bonds is 4. The number of nitrogens with two attached hydrogens (primary N) is 1. The lowest BCUT2D eigenvalue weighted by atomic mass is 10.4. The van der Waals surface area contributed by atoms with E-state index in [-0.39, 0.29) is 6.61 Å². The maximum absolute atomic E-state index is 9.07. The maximum atomic E-state index is 9.07. The SMILES string of the molecule is Cn1cc(N)c(SCC(O)CO)n1. The molecule has 1 aromatic rings. The van der Waals surface area contributed by atoms with Gasteiger partial charge in [0.2, 0.25) is 0 Å².